The molecule has 0 aromatic heterocycles. The minimum atomic E-state index is -1.94. The van der Waals surface area contributed by atoms with Gasteiger partial charge in [-0.2, -0.15) is 0 Å². The lowest BCUT2D eigenvalue weighted by Crippen LogP contribution is -2.04. The summed E-state index contributed by atoms with van der Waals surface area (Å²) < 4.78 is 37.5. The molecule has 3 nitrogen and oxygen atoms in total. The van der Waals surface area contributed by atoms with Crippen LogP contribution in [0.3, 0.4) is 0 Å². The van der Waals surface area contributed by atoms with E-state index in [-0.39, 0.29) is 6.07 Å². The molecule has 0 bridgehead atoms. The maximum absolute atomic E-state index is 12.6. The number of carboxylic acid groups (broad SMARTS) is 1. The zero-order chi connectivity index (χ0) is 10.2. The lowest BCUT2D eigenvalue weighted by atomic mass is 10.1. The van der Waals surface area contributed by atoms with E-state index in [2.05, 4.69) is 0 Å². The van der Waals surface area contributed by atoms with Gasteiger partial charge in [0, 0.05) is 6.07 Å². The SMILES string of the molecule is O=C(O)c1c(O)c(F)cc(F)c1F. The molecule has 2 N–H and O–H groups in total. The molecule has 0 aliphatic heterocycles. The zero-order valence-electron chi connectivity index (χ0n) is 6.01. The molecule has 13 heavy (non-hydrogen) atoms. The second kappa shape index (κ2) is 2.96. The molecule has 0 amide bonds. The summed E-state index contributed by atoms with van der Waals surface area (Å²) in [5.74, 6) is -8.31. The number of hydrogen-bond acceptors (Lipinski definition) is 2. The molecule has 0 radical (unpaired) electrons. The summed E-state index contributed by atoms with van der Waals surface area (Å²) in [6.07, 6.45) is 0. The Labute approximate surface area is 70.0 Å². The van der Waals surface area contributed by atoms with E-state index >= 15 is 0 Å². The van der Waals surface area contributed by atoms with Crippen LogP contribution in [-0.4, -0.2) is 16.2 Å². The number of aromatic carboxylic acids is 1. The second-order valence-electron chi connectivity index (χ2n) is 2.18. The molecule has 0 saturated carbocycles. The Bertz CT molecular complexity index is 349. The average molecular weight is 192 g/mol. The van der Waals surface area contributed by atoms with Crippen molar-refractivity contribution in [2.75, 3.05) is 0 Å². The van der Waals surface area contributed by atoms with E-state index < -0.39 is 34.7 Å². The summed E-state index contributed by atoms with van der Waals surface area (Å²) >= 11 is 0. The molecule has 0 unspecified atom stereocenters. The van der Waals surface area contributed by atoms with Crippen molar-refractivity contribution in [3.8, 4) is 5.75 Å². The summed E-state index contributed by atoms with van der Waals surface area (Å²) in [4.78, 5) is 10.2. The molecular formula is C7H3F3O3. The third kappa shape index (κ3) is 1.42. The molecule has 0 fully saturated rings. The number of carbonyl (C=O) groups is 1. The lowest BCUT2D eigenvalue weighted by Gasteiger charge is -2.02. The van der Waals surface area contributed by atoms with Crippen molar-refractivity contribution < 1.29 is 28.2 Å². The van der Waals surface area contributed by atoms with Gasteiger partial charge >= 0.3 is 5.97 Å². The molecule has 0 atom stereocenters. The van der Waals surface area contributed by atoms with Gasteiger partial charge in [0.15, 0.2) is 23.2 Å². The Kier molecular flexibility index (Phi) is 2.14. The quantitative estimate of drug-likeness (QED) is 0.663. The number of benzene rings is 1. The normalized spacial score (nSPS) is 10.1. The molecule has 0 saturated heterocycles. The number of phenols is 1. The van der Waals surface area contributed by atoms with Crippen molar-refractivity contribution >= 4 is 5.97 Å². The van der Waals surface area contributed by atoms with Gasteiger partial charge in [0.1, 0.15) is 5.56 Å². The second-order valence-corrected chi connectivity index (χ2v) is 2.18. The summed E-state index contributed by atoms with van der Waals surface area (Å²) in [7, 11) is 0. The third-order valence-electron chi connectivity index (χ3n) is 1.36. The number of halogens is 3. The maximum Gasteiger partial charge on any atom is 0.342 e. The zero-order valence-corrected chi connectivity index (χ0v) is 6.01. The van der Waals surface area contributed by atoms with Gasteiger partial charge in [-0.15, -0.1) is 0 Å². The van der Waals surface area contributed by atoms with E-state index in [0.29, 0.717) is 0 Å². The Hall–Kier alpha value is -1.72. The Morgan fingerprint density at radius 3 is 2.23 bits per heavy atom. The predicted molar refractivity (Wildman–Crippen MR) is 34.9 cm³/mol. The van der Waals surface area contributed by atoms with Gasteiger partial charge in [0.2, 0.25) is 0 Å². The van der Waals surface area contributed by atoms with E-state index in [1.54, 1.807) is 0 Å². The first-order valence-electron chi connectivity index (χ1n) is 3.05. The highest BCUT2D eigenvalue weighted by molar-refractivity contribution is 5.91. The van der Waals surface area contributed by atoms with E-state index in [4.69, 9.17) is 10.2 Å². The molecule has 0 heterocycles. The van der Waals surface area contributed by atoms with Gasteiger partial charge in [0.05, 0.1) is 0 Å². The fourth-order valence-corrected chi connectivity index (χ4v) is 0.781. The maximum atomic E-state index is 12.6. The van der Waals surface area contributed by atoms with Crippen molar-refractivity contribution in [1.29, 1.82) is 0 Å². The molecule has 70 valence electrons. The van der Waals surface area contributed by atoms with Gasteiger partial charge in [0.25, 0.3) is 0 Å². The first-order valence-corrected chi connectivity index (χ1v) is 3.05. The summed E-state index contributed by atoms with van der Waals surface area (Å²) in [6, 6.07) is 0.0666. The van der Waals surface area contributed by atoms with Crippen molar-refractivity contribution in [1.82, 2.24) is 0 Å². The van der Waals surface area contributed by atoms with Crippen molar-refractivity contribution in [2.45, 2.75) is 0 Å². The van der Waals surface area contributed by atoms with Crippen molar-refractivity contribution in [2.24, 2.45) is 0 Å². The molecule has 0 spiro atoms. The fraction of sp³-hybridized carbons (Fsp3) is 0. The van der Waals surface area contributed by atoms with Gasteiger partial charge in [-0.3, -0.25) is 0 Å². The van der Waals surface area contributed by atoms with Gasteiger partial charge in [-0.1, -0.05) is 0 Å². The Morgan fingerprint density at radius 1 is 1.23 bits per heavy atom. The molecule has 1 rings (SSSR count). The van der Waals surface area contributed by atoms with Crippen molar-refractivity contribution in [3.05, 3.63) is 29.1 Å². The van der Waals surface area contributed by atoms with Gasteiger partial charge in [-0.25, -0.2) is 18.0 Å². The van der Waals surface area contributed by atoms with Gasteiger partial charge < -0.3 is 10.2 Å². The van der Waals surface area contributed by atoms with Crippen LogP contribution in [0.2, 0.25) is 0 Å². The van der Waals surface area contributed by atoms with E-state index in [1.165, 1.54) is 0 Å². The molecule has 1 aromatic rings. The molecule has 0 aliphatic rings. The number of aromatic hydroxyl groups is 1. The standard InChI is InChI=1S/C7H3F3O3/c8-2-1-3(9)6(11)4(5(2)10)7(12)13/h1,11H,(H,12,13). The third-order valence-corrected chi connectivity index (χ3v) is 1.36. The summed E-state index contributed by atoms with van der Waals surface area (Å²) in [5, 5.41) is 17.0. The minimum Gasteiger partial charge on any atom is -0.504 e. The molecule has 0 aliphatic carbocycles. The molecular weight excluding hydrogens is 189 g/mol. The van der Waals surface area contributed by atoms with Crippen LogP contribution in [0.15, 0.2) is 6.07 Å². The van der Waals surface area contributed by atoms with Crippen LogP contribution in [0.25, 0.3) is 0 Å². The Balaban J connectivity index is 3.56. The van der Waals surface area contributed by atoms with E-state index in [0.717, 1.165) is 0 Å². The first kappa shape index (κ1) is 9.37. The molecule has 6 heteroatoms. The number of hydrogen-bond donors (Lipinski definition) is 2. The smallest absolute Gasteiger partial charge is 0.342 e. The Morgan fingerprint density at radius 2 is 1.77 bits per heavy atom. The highest BCUT2D eigenvalue weighted by atomic mass is 19.2. The van der Waals surface area contributed by atoms with Crippen LogP contribution in [-0.2, 0) is 0 Å². The highest BCUT2D eigenvalue weighted by Crippen LogP contribution is 2.25. The van der Waals surface area contributed by atoms with Crippen LogP contribution in [0, 0.1) is 17.5 Å². The number of carboxylic acids is 1. The van der Waals surface area contributed by atoms with Crippen LogP contribution < -0.4 is 0 Å². The first-order chi connectivity index (χ1) is 5.95. The fourth-order valence-electron chi connectivity index (χ4n) is 0.781. The monoisotopic (exact) mass is 192 g/mol. The van der Waals surface area contributed by atoms with Crippen LogP contribution in [0.5, 0.6) is 5.75 Å². The largest absolute Gasteiger partial charge is 0.504 e. The van der Waals surface area contributed by atoms with Gasteiger partial charge in [-0.05, 0) is 0 Å². The highest BCUT2D eigenvalue weighted by Gasteiger charge is 2.23. The summed E-state index contributed by atoms with van der Waals surface area (Å²) in [6.45, 7) is 0. The van der Waals surface area contributed by atoms with E-state index in [9.17, 15) is 18.0 Å². The number of rotatable bonds is 1. The predicted octanol–water partition coefficient (Wildman–Crippen LogP) is 1.51. The van der Waals surface area contributed by atoms with Crippen LogP contribution >= 0.6 is 0 Å². The van der Waals surface area contributed by atoms with Crippen molar-refractivity contribution in [3.63, 3.8) is 0 Å². The van der Waals surface area contributed by atoms with E-state index in [1.807, 2.05) is 0 Å². The van der Waals surface area contributed by atoms with Crippen LogP contribution in [0.4, 0.5) is 13.2 Å². The summed E-state index contributed by atoms with van der Waals surface area (Å²) in [5.41, 5.74) is -1.41. The minimum absolute atomic E-state index is 0.0666. The van der Waals surface area contributed by atoms with Crippen LogP contribution in [0.1, 0.15) is 10.4 Å². The average Bonchev–Trinajstić information content (AvgIpc) is 2.01. The lowest BCUT2D eigenvalue weighted by molar-refractivity contribution is 0.0686. The molecule has 1 aromatic carbocycles. The topological polar surface area (TPSA) is 57.5 Å².